The van der Waals surface area contributed by atoms with E-state index in [0.29, 0.717) is 31.7 Å². The molecule has 8 heteroatoms. The molecule has 1 amide bonds. The van der Waals surface area contributed by atoms with Crippen LogP contribution in [-0.4, -0.2) is 44.7 Å². The number of nitro groups is 1. The number of pyridine rings is 1. The fourth-order valence-electron chi connectivity index (χ4n) is 3.51. The predicted molar refractivity (Wildman–Crippen MR) is 106 cm³/mol. The van der Waals surface area contributed by atoms with Crippen molar-refractivity contribution in [2.24, 2.45) is 0 Å². The molecule has 1 fully saturated rings. The van der Waals surface area contributed by atoms with Crippen LogP contribution < -0.4 is 5.32 Å². The van der Waals surface area contributed by atoms with Gasteiger partial charge in [0.2, 0.25) is 0 Å². The summed E-state index contributed by atoms with van der Waals surface area (Å²) >= 11 is 0. The Morgan fingerprint density at radius 3 is 2.79 bits per heavy atom. The summed E-state index contributed by atoms with van der Waals surface area (Å²) in [6.45, 7) is 1.92. The zero-order valence-corrected chi connectivity index (χ0v) is 15.4. The van der Waals surface area contributed by atoms with Crippen molar-refractivity contribution in [1.29, 1.82) is 0 Å². The molecule has 1 aliphatic rings. The second kappa shape index (κ2) is 7.67. The summed E-state index contributed by atoms with van der Waals surface area (Å²) in [4.78, 5) is 29.8. The molecule has 1 aromatic carbocycles. The largest absolute Gasteiger partial charge is 0.385 e. The van der Waals surface area contributed by atoms with Crippen LogP contribution in [0.1, 0.15) is 28.9 Å². The summed E-state index contributed by atoms with van der Waals surface area (Å²) in [5, 5.41) is 14.6. The summed E-state index contributed by atoms with van der Waals surface area (Å²) in [5.41, 5.74) is 2.53. The maximum Gasteiger partial charge on any atom is 0.282 e. The lowest BCUT2D eigenvalue weighted by molar-refractivity contribution is -0.385. The number of rotatable bonds is 6. The number of aromatic nitrogens is 2. The molecule has 1 aliphatic heterocycles. The molecule has 3 aromatic rings. The molecule has 0 radical (unpaired) electrons. The lowest BCUT2D eigenvalue weighted by Gasteiger charge is -2.16. The van der Waals surface area contributed by atoms with Crippen molar-refractivity contribution in [2.45, 2.75) is 19.3 Å². The Labute approximate surface area is 161 Å². The summed E-state index contributed by atoms with van der Waals surface area (Å²) in [6.07, 6.45) is 6.52. The maximum absolute atomic E-state index is 12.7. The van der Waals surface area contributed by atoms with E-state index in [4.69, 9.17) is 0 Å². The van der Waals surface area contributed by atoms with Gasteiger partial charge in [0.05, 0.1) is 10.6 Å². The van der Waals surface area contributed by atoms with E-state index < -0.39 is 4.92 Å². The summed E-state index contributed by atoms with van der Waals surface area (Å²) in [7, 11) is 0. The Balaban J connectivity index is 1.47. The highest BCUT2D eigenvalue weighted by atomic mass is 16.6. The fraction of sp³-hybridized carbons (Fsp3) is 0.300. The highest BCUT2D eigenvalue weighted by molar-refractivity contribution is 5.99. The number of imidazole rings is 1. The highest BCUT2D eigenvalue weighted by Gasteiger charge is 2.26. The molecule has 3 heterocycles. The van der Waals surface area contributed by atoms with Gasteiger partial charge in [-0.25, -0.2) is 4.98 Å². The summed E-state index contributed by atoms with van der Waals surface area (Å²) < 4.78 is 1.97. The molecule has 1 N–H and O–H groups in total. The monoisotopic (exact) mass is 379 g/mol. The molecule has 0 unspecified atom stereocenters. The van der Waals surface area contributed by atoms with Gasteiger partial charge >= 0.3 is 0 Å². The molecule has 0 bridgehead atoms. The highest BCUT2D eigenvalue weighted by Crippen LogP contribution is 2.25. The molecular weight excluding hydrogens is 358 g/mol. The van der Waals surface area contributed by atoms with Crippen molar-refractivity contribution in [3.8, 4) is 0 Å². The Bertz CT molecular complexity index is 991. The van der Waals surface area contributed by atoms with E-state index in [1.807, 2.05) is 35.0 Å². The molecular formula is C20H21N5O3. The first-order chi connectivity index (χ1) is 13.6. The van der Waals surface area contributed by atoms with E-state index in [0.717, 1.165) is 24.2 Å². The Morgan fingerprint density at radius 2 is 2.04 bits per heavy atom. The van der Waals surface area contributed by atoms with Crippen LogP contribution in [0.5, 0.6) is 0 Å². The van der Waals surface area contributed by atoms with Crippen LogP contribution in [-0.2, 0) is 6.42 Å². The number of nitrogens with zero attached hydrogens (tertiary/aromatic N) is 4. The van der Waals surface area contributed by atoms with Crippen molar-refractivity contribution in [3.05, 3.63) is 70.2 Å². The lowest BCUT2D eigenvalue weighted by Crippen LogP contribution is -2.28. The van der Waals surface area contributed by atoms with Gasteiger partial charge in [0.25, 0.3) is 11.6 Å². The summed E-state index contributed by atoms with van der Waals surface area (Å²) in [5.74, 6) is -0.270. The number of benzene rings is 1. The number of carbonyl (C=O) groups excluding carboxylic acids is 1. The van der Waals surface area contributed by atoms with Gasteiger partial charge in [-0.15, -0.1) is 0 Å². The van der Waals surface area contributed by atoms with Gasteiger partial charge in [-0.1, -0.05) is 6.07 Å². The maximum atomic E-state index is 12.7. The minimum atomic E-state index is -0.496. The van der Waals surface area contributed by atoms with Crippen molar-refractivity contribution >= 4 is 22.9 Å². The summed E-state index contributed by atoms with van der Waals surface area (Å²) in [6, 6.07) is 10.5. The first-order valence-electron chi connectivity index (χ1n) is 9.36. The first-order valence-corrected chi connectivity index (χ1v) is 9.36. The molecule has 144 valence electrons. The fourth-order valence-corrected chi connectivity index (χ4v) is 3.51. The number of nitro benzene ring substituents is 1. The molecule has 0 atom stereocenters. The van der Waals surface area contributed by atoms with Gasteiger partial charge in [-0.3, -0.25) is 14.9 Å². The van der Waals surface area contributed by atoms with Gasteiger partial charge in [-0.05, 0) is 37.1 Å². The van der Waals surface area contributed by atoms with Crippen molar-refractivity contribution in [3.63, 3.8) is 0 Å². The van der Waals surface area contributed by atoms with Gasteiger partial charge in [0, 0.05) is 50.2 Å². The smallest absolute Gasteiger partial charge is 0.282 e. The van der Waals surface area contributed by atoms with Gasteiger partial charge < -0.3 is 14.6 Å². The van der Waals surface area contributed by atoms with Gasteiger partial charge in [0.1, 0.15) is 11.2 Å². The van der Waals surface area contributed by atoms with Crippen molar-refractivity contribution < 1.29 is 9.72 Å². The standard InChI is InChI=1S/C20H21N5O3/c26-20(23-10-3-4-11-23)17-13-15(6-7-18(17)25(27)28)21-9-8-16-14-24-12-2-1-5-19(24)22-16/h1-2,5-7,12-14,21H,3-4,8-11H2. The third-order valence-electron chi connectivity index (χ3n) is 4.94. The minimum Gasteiger partial charge on any atom is -0.385 e. The molecule has 28 heavy (non-hydrogen) atoms. The number of likely N-dealkylation sites (tertiary alicyclic amines) is 1. The SMILES string of the molecule is O=C(c1cc(NCCc2cn3ccccc3n2)ccc1[N+](=O)[O-])N1CCCC1. The molecule has 2 aromatic heterocycles. The average Bonchev–Trinajstić information content (AvgIpc) is 3.36. The van der Waals surface area contributed by atoms with E-state index >= 15 is 0 Å². The van der Waals surface area contributed by atoms with Gasteiger partial charge in [-0.2, -0.15) is 0 Å². The van der Waals surface area contributed by atoms with Gasteiger partial charge in [0.15, 0.2) is 0 Å². The van der Waals surface area contributed by atoms with Crippen LogP contribution in [0.3, 0.4) is 0 Å². The second-order valence-corrected chi connectivity index (χ2v) is 6.86. The van der Waals surface area contributed by atoms with Crippen molar-refractivity contribution in [1.82, 2.24) is 14.3 Å². The van der Waals surface area contributed by atoms with Crippen LogP contribution in [0.2, 0.25) is 0 Å². The Morgan fingerprint density at radius 1 is 1.21 bits per heavy atom. The van der Waals surface area contributed by atoms with E-state index in [2.05, 4.69) is 10.3 Å². The molecule has 0 aliphatic carbocycles. The average molecular weight is 379 g/mol. The first kappa shape index (κ1) is 18.0. The minimum absolute atomic E-state index is 0.143. The van der Waals surface area contributed by atoms with E-state index in [9.17, 15) is 14.9 Å². The topological polar surface area (TPSA) is 92.8 Å². The zero-order valence-electron chi connectivity index (χ0n) is 15.4. The van der Waals surface area contributed by atoms with Crippen LogP contribution in [0.4, 0.5) is 11.4 Å². The number of hydrogen-bond acceptors (Lipinski definition) is 5. The van der Waals surface area contributed by atoms with Crippen LogP contribution in [0.15, 0.2) is 48.8 Å². The molecule has 8 nitrogen and oxygen atoms in total. The Hall–Kier alpha value is -3.42. The number of hydrogen-bond donors (Lipinski definition) is 1. The number of nitrogens with one attached hydrogen (secondary N) is 1. The molecule has 0 spiro atoms. The van der Waals surface area contributed by atoms with Crippen LogP contribution in [0.25, 0.3) is 5.65 Å². The van der Waals surface area contributed by atoms with Crippen LogP contribution >= 0.6 is 0 Å². The number of anilines is 1. The molecule has 0 saturated carbocycles. The number of amides is 1. The second-order valence-electron chi connectivity index (χ2n) is 6.86. The zero-order chi connectivity index (χ0) is 19.5. The van der Waals surface area contributed by atoms with E-state index in [1.165, 1.54) is 6.07 Å². The lowest BCUT2D eigenvalue weighted by atomic mass is 10.1. The number of fused-ring (bicyclic) bond motifs is 1. The normalized spacial score (nSPS) is 13.8. The van der Waals surface area contributed by atoms with Crippen molar-refractivity contribution in [2.75, 3.05) is 25.0 Å². The predicted octanol–water partition coefficient (Wildman–Crippen LogP) is 3.13. The van der Waals surface area contributed by atoms with Crippen LogP contribution in [0, 0.1) is 10.1 Å². The van der Waals surface area contributed by atoms with E-state index in [-0.39, 0.29) is 17.2 Å². The third-order valence-corrected chi connectivity index (χ3v) is 4.94. The molecule has 4 rings (SSSR count). The quantitative estimate of drug-likeness (QED) is 0.525. The number of carbonyl (C=O) groups is 1. The van der Waals surface area contributed by atoms with E-state index in [1.54, 1.807) is 17.0 Å². The Kier molecular flexibility index (Phi) is 4.92. The third kappa shape index (κ3) is 3.66. The molecule has 1 saturated heterocycles.